The van der Waals surface area contributed by atoms with E-state index in [1.54, 1.807) is 12.1 Å². The zero-order valence-electron chi connectivity index (χ0n) is 11.4. The Kier molecular flexibility index (Phi) is 4.50. The molecule has 2 nitrogen and oxygen atoms in total. The molecule has 0 saturated carbocycles. The second-order valence-corrected chi connectivity index (χ2v) is 6.08. The first-order chi connectivity index (χ1) is 10.6. The molecule has 0 atom stereocenters. The highest BCUT2D eigenvalue weighted by molar-refractivity contribution is 9.10. The molecule has 112 valence electrons. The van der Waals surface area contributed by atoms with Gasteiger partial charge in [-0.3, -0.25) is 0 Å². The average molecular weight is 381 g/mol. The van der Waals surface area contributed by atoms with Crippen molar-refractivity contribution >= 4 is 33.2 Å². The fraction of sp³-hybridized carbons (Fsp3) is 0.0588. The molecule has 2 aromatic carbocycles. The van der Waals surface area contributed by atoms with Crippen LogP contribution < -0.4 is 5.32 Å². The number of hydrogen-bond acceptors (Lipinski definition) is 2. The highest BCUT2D eigenvalue weighted by Gasteiger charge is 2.07. The topological polar surface area (TPSA) is 25.2 Å². The number of rotatable bonds is 4. The van der Waals surface area contributed by atoms with E-state index in [1.165, 1.54) is 6.07 Å². The van der Waals surface area contributed by atoms with Gasteiger partial charge in [0.2, 0.25) is 0 Å². The minimum Gasteiger partial charge on any atom is -0.459 e. The summed E-state index contributed by atoms with van der Waals surface area (Å²) in [5.41, 5.74) is 1.76. The Morgan fingerprint density at radius 3 is 2.55 bits per heavy atom. The van der Waals surface area contributed by atoms with Crippen molar-refractivity contribution in [1.29, 1.82) is 0 Å². The molecule has 0 aliphatic rings. The van der Waals surface area contributed by atoms with Gasteiger partial charge in [-0.25, -0.2) is 4.39 Å². The van der Waals surface area contributed by atoms with E-state index in [4.69, 9.17) is 16.0 Å². The van der Waals surface area contributed by atoms with E-state index in [2.05, 4.69) is 21.2 Å². The molecule has 5 heteroatoms. The van der Waals surface area contributed by atoms with Crippen molar-refractivity contribution in [3.8, 4) is 11.3 Å². The standard InChI is InChI=1S/C17H12BrClFNO/c18-12-2-4-13(5-3-12)21-10-14-6-8-17(22-14)11-1-7-16(20)15(19)9-11/h1-9,21H,10H2. The second kappa shape index (κ2) is 6.55. The third-order valence-electron chi connectivity index (χ3n) is 3.18. The first-order valence-electron chi connectivity index (χ1n) is 6.65. The van der Waals surface area contributed by atoms with Crippen LogP contribution in [-0.2, 0) is 6.54 Å². The van der Waals surface area contributed by atoms with Gasteiger partial charge in [0.15, 0.2) is 0 Å². The summed E-state index contributed by atoms with van der Waals surface area (Å²) in [4.78, 5) is 0. The number of hydrogen-bond donors (Lipinski definition) is 1. The molecule has 0 aliphatic heterocycles. The lowest BCUT2D eigenvalue weighted by atomic mass is 10.2. The predicted molar refractivity (Wildman–Crippen MR) is 90.6 cm³/mol. The summed E-state index contributed by atoms with van der Waals surface area (Å²) in [6.07, 6.45) is 0. The van der Waals surface area contributed by atoms with Crippen molar-refractivity contribution in [1.82, 2.24) is 0 Å². The van der Waals surface area contributed by atoms with E-state index in [9.17, 15) is 4.39 Å². The van der Waals surface area contributed by atoms with E-state index < -0.39 is 5.82 Å². The van der Waals surface area contributed by atoms with Crippen LogP contribution in [0.3, 0.4) is 0 Å². The number of nitrogens with one attached hydrogen (secondary N) is 1. The van der Waals surface area contributed by atoms with Gasteiger partial charge in [0, 0.05) is 15.7 Å². The van der Waals surface area contributed by atoms with E-state index in [0.717, 1.165) is 21.5 Å². The van der Waals surface area contributed by atoms with Gasteiger partial charge in [-0.05, 0) is 54.6 Å². The highest BCUT2D eigenvalue weighted by atomic mass is 79.9. The summed E-state index contributed by atoms with van der Waals surface area (Å²) >= 11 is 9.19. The van der Waals surface area contributed by atoms with Gasteiger partial charge in [-0.1, -0.05) is 27.5 Å². The van der Waals surface area contributed by atoms with E-state index in [1.807, 2.05) is 36.4 Å². The molecule has 0 radical (unpaired) electrons. The first kappa shape index (κ1) is 15.1. The monoisotopic (exact) mass is 379 g/mol. The Bertz CT molecular complexity index is 786. The number of halogens is 3. The third-order valence-corrected chi connectivity index (χ3v) is 4.00. The molecule has 0 fully saturated rings. The Hall–Kier alpha value is -1.78. The lowest BCUT2D eigenvalue weighted by Crippen LogP contribution is -1.97. The van der Waals surface area contributed by atoms with Crippen LogP contribution in [-0.4, -0.2) is 0 Å². The van der Waals surface area contributed by atoms with E-state index >= 15 is 0 Å². The summed E-state index contributed by atoms with van der Waals surface area (Å²) < 4.78 is 20.0. The summed E-state index contributed by atoms with van der Waals surface area (Å²) in [7, 11) is 0. The van der Waals surface area contributed by atoms with E-state index in [-0.39, 0.29) is 5.02 Å². The van der Waals surface area contributed by atoms with Gasteiger partial charge in [0.25, 0.3) is 0 Å². The number of furan rings is 1. The van der Waals surface area contributed by atoms with Crippen molar-refractivity contribution < 1.29 is 8.81 Å². The minimum atomic E-state index is -0.436. The summed E-state index contributed by atoms with van der Waals surface area (Å²) in [5.74, 6) is 1.02. The van der Waals surface area contributed by atoms with Crippen LogP contribution in [0.2, 0.25) is 5.02 Å². The molecule has 0 spiro atoms. The SMILES string of the molecule is Fc1ccc(-c2ccc(CNc3ccc(Br)cc3)o2)cc1Cl. The van der Waals surface area contributed by atoms with Crippen LogP contribution in [0.25, 0.3) is 11.3 Å². The van der Waals surface area contributed by atoms with Crippen LogP contribution in [0, 0.1) is 5.82 Å². The van der Waals surface area contributed by atoms with Crippen LogP contribution in [0.4, 0.5) is 10.1 Å². The quantitative estimate of drug-likeness (QED) is 0.590. The molecule has 22 heavy (non-hydrogen) atoms. The molecule has 1 aromatic heterocycles. The van der Waals surface area contributed by atoms with Gasteiger partial charge < -0.3 is 9.73 Å². The molecule has 0 unspecified atom stereocenters. The normalized spacial score (nSPS) is 10.7. The maximum Gasteiger partial charge on any atom is 0.141 e. The lowest BCUT2D eigenvalue weighted by Gasteiger charge is -2.04. The molecule has 3 rings (SSSR count). The number of benzene rings is 2. The Morgan fingerprint density at radius 1 is 1.05 bits per heavy atom. The molecule has 0 amide bonds. The molecule has 3 aromatic rings. The van der Waals surface area contributed by atoms with Gasteiger partial charge in [0.05, 0.1) is 11.6 Å². The van der Waals surface area contributed by atoms with E-state index in [0.29, 0.717) is 12.3 Å². The van der Waals surface area contributed by atoms with Crippen molar-refractivity contribution in [3.05, 3.63) is 75.7 Å². The average Bonchev–Trinajstić information content (AvgIpc) is 2.98. The zero-order valence-corrected chi connectivity index (χ0v) is 13.8. The fourth-order valence-corrected chi connectivity index (χ4v) is 2.48. The third kappa shape index (κ3) is 3.51. The second-order valence-electron chi connectivity index (χ2n) is 4.76. The molecular formula is C17H12BrClFNO. The van der Waals surface area contributed by atoms with Gasteiger partial charge in [0.1, 0.15) is 17.3 Å². The van der Waals surface area contributed by atoms with Crippen molar-refractivity contribution in [2.24, 2.45) is 0 Å². The highest BCUT2D eigenvalue weighted by Crippen LogP contribution is 2.27. The van der Waals surface area contributed by atoms with Crippen LogP contribution in [0.1, 0.15) is 5.76 Å². The maximum atomic E-state index is 13.2. The van der Waals surface area contributed by atoms with Crippen molar-refractivity contribution in [2.45, 2.75) is 6.54 Å². The van der Waals surface area contributed by atoms with Crippen molar-refractivity contribution in [3.63, 3.8) is 0 Å². The first-order valence-corrected chi connectivity index (χ1v) is 7.82. The largest absolute Gasteiger partial charge is 0.459 e. The molecule has 0 saturated heterocycles. The molecule has 1 heterocycles. The smallest absolute Gasteiger partial charge is 0.141 e. The maximum absolute atomic E-state index is 13.2. The zero-order chi connectivity index (χ0) is 15.5. The predicted octanol–water partition coefficient (Wildman–Crippen LogP) is 6.11. The summed E-state index contributed by atoms with van der Waals surface area (Å²) in [6, 6.07) is 16.2. The molecular weight excluding hydrogens is 369 g/mol. The van der Waals surface area contributed by atoms with Gasteiger partial charge >= 0.3 is 0 Å². The molecule has 0 bridgehead atoms. The molecule has 1 N–H and O–H groups in total. The van der Waals surface area contributed by atoms with Gasteiger partial charge in [-0.2, -0.15) is 0 Å². The summed E-state index contributed by atoms with van der Waals surface area (Å²) in [6.45, 7) is 0.566. The van der Waals surface area contributed by atoms with Gasteiger partial charge in [-0.15, -0.1) is 0 Å². The fourth-order valence-electron chi connectivity index (χ4n) is 2.03. The Morgan fingerprint density at radius 2 is 1.82 bits per heavy atom. The Balaban J connectivity index is 1.70. The summed E-state index contributed by atoms with van der Waals surface area (Å²) in [5, 5.41) is 3.36. The Labute approximate surface area is 141 Å². The number of anilines is 1. The minimum absolute atomic E-state index is 0.0865. The van der Waals surface area contributed by atoms with Crippen LogP contribution >= 0.6 is 27.5 Å². The van der Waals surface area contributed by atoms with Crippen LogP contribution in [0.5, 0.6) is 0 Å². The van der Waals surface area contributed by atoms with Crippen LogP contribution in [0.15, 0.2) is 63.5 Å². The lowest BCUT2D eigenvalue weighted by molar-refractivity contribution is 0.531. The molecule has 0 aliphatic carbocycles. The van der Waals surface area contributed by atoms with Crippen molar-refractivity contribution in [2.75, 3.05) is 5.32 Å².